The lowest BCUT2D eigenvalue weighted by molar-refractivity contribution is -0.114. The van der Waals surface area contributed by atoms with Gasteiger partial charge in [-0.05, 0) is 6.07 Å². The molecule has 1 rings (SSSR count). The number of hydrogen-bond acceptors (Lipinski definition) is 2. The fraction of sp³-hybridized carbons (Fsp3) is 0.143. The normalized spacial score (nSPS) is 9.18. The van der Waals surface area contributed by atoms with Gasteiger partial charge in [-0.1, -0.05) is 11.5 Å². The van der Waals surface area contributed by atoms with Gasteiger partial charge in [-0.15, -0.1) is 0 Å². The van der Waals surface area contributed by atoms with Crippen molar-refractivity contribution in [1.29, 1.82) is 0 Å². The van der Waals surface area contributed by atoms with E-state index >= 15 is 0 Å². The number of carbonyl (C=O) groups is 1. The monoisotopic (exact) mass is 146 g/mol. The van der Waals surface area contributed by atoms with E-state index in [0.717, 1.165) is 0 Å². The number of carbonyl (C=O) groups excluding carboxylic acids is 1. The minimum Gasteiger partial charge on any atom is -0.311 e. The average Bonchev–Trinajstić information content (AvgIpc) is 1.93. The lowest BCUT2D eigenvalue weighted by atomic mass is 9.97. The van der Waals surface area contributed by atoms with Gasteiger partial charge in [0, 0.05) is 13.1 Å². The number of amides is 1. The maximum atomic E-state index is 10.6. The molecule has 2 radical (unpaired) electrons. The molecule has 4 heteroatoms. The van der Waals surface area contributed by atoms with E-state index in [1.165, 1.54) is 6.92 Å². The van der Waals surface area contributed by atoms with Crippen LogP contribution in [0.4, 0.5) is 5.82 Å². The van der Waals surface area contributed by atoms with Crippen molar-refractivity contribution in [3.8, 4) is 0 Å². The zero-order chi connectivity index (χ0) is 8.27. The quantitative estimate of drug-likeness (QED) is 0.559. The molecule has 0 fully saturated rings. The first-order valence-corrected chi connectivity index (χ1v) is 3.18. The van der Waals surface area contributed by atoms with E-state index in [1.807, 2.05) is 0 Å². The molecule has 0 saturated carbocycles. The van der Waals surface area contributed by atoms with Crippen LogP contribution in [-0.2, 0) is 4.79 Å². The van der Waals surface area contributed by atoms with Crippen molar-refractivity contribution >= 4 is 25.0 Å². The van der Waals surface area contributed by atoms with Crippen molar-refractivity contribution < 1.29 is 4.79 Å². The number of nitrogens with zero attached hydrogens (tertiary/aromatic N) is 1. The number of nitrogens with one attached hydrogen (secondary N) is 1. The van der Waals surface area contributed by atoms with Gasteiger partial charge in [0.25, 0.3) is 0 Å². The number of aromatic nitrogens is 1. The van der Waals surface area contributed by atoms with E-state index in [9.17, 15) is 4.79 Å². The van der Waals surface area contributed by atoms with Crippen LogP contribution < -0.4 is 10.8 Å². The smallest absolute Gasteiger partial charge is 0.222 e. The second-order valence-corrected chi connectivity index (χ2v) is 2.12. The van der Waals surface area contributed by atoms with Gasteiger partial charge in [0.1, 0.15) is 13.7 Å². The SMILES string of the molecule is [B]c1cccnc1NC(C)=O. The van der Waals surface area contributed by atoms with Crippen LogP contribution in [0.3, 0.4) is 0 Å². The number of anilines is 1. The molecule has 1 amide bonds. The Morgan fingerprint density at radius 2 is 2.45 bits per heavy atom. The molecule has 0 aromatic carbocycles. The van der Waals surface area contributed by atoms with Crippen molar-refractivity contribution in [1.82, 2.24) is 4.98 Å². The van der Waals surface area contributed by atoms with Gasteiger partial charge in [0.2, 0.25) is 5.91 Å². The number of hydrogen-bond donors (Lipinski definition) is 1. The highest BCUT2D eigenvalue weighted by molar-refractivity contribution is 6.35. The van der Waals surface area contributed by atoms with Crippen LogP contribution in [0.5, 0.6) is 0 Å². The fourth-order valence-corrected chi connectivity index (χ4v) is 0.689. The zero-order valence-electron chi connectivity index (χ0n) is 6.16. The van der Waals surface area contributed by atoms with Crippen LogP contribution >= 0.6 is 0 Å². The molecule has 0 spiro atoms. The van der Waals surface area contributed by atoms with Gasteiger partial charge < -0.3 is 5.32 Å². The van der Waals surface area contributed by atoms with E-state index < -0.39 is 0 Å². The van der Waals surface area contributed by atoms with Crippen molar-refractivity contribution in [2.75, 3.05) is 5.32 Å². The predicted octanol–water partition coefficient (Wildman–Crippen LogP) is -0.166. The Bertz CT molecular complexity index is 275. The Labute approximate surface area is 66.2 Å². The topological polar surface area (TPSA) is 42.0 Å². The van der Waals surface area contributed by atoms with Gasteiger partial charge >= 0.3 is 0 Å². The highest BCUT2D eigenvalue weighted by Crippen LogP contribution is 1.94. The van der Waals surface area contributed by atoms with Gasteiger partial charge in [0.05, 0.1) is 0 Å². The standard InChI is InChI=1S/C7H7BN2O/c1-5(11)10-7-6(8)3-2-4-9-7/h2-4H,1H3,(H,9,10,11). The molecule has 0 saturated heterocycles. The number of rotatable bonds is 1. The molecule has 11 heavy (non-hydrogen) atoms. The van der Waals surface area contributed by atoms with Gasteiger partial charge in [-0.3, -0.25) is 4.79 Å². The summed E-state index contributed by atoms with van der Waals surface area (Å²) in [6, 6.07) is 3.39. The molecular weight excluding hydrogens is 139 g/mol. The van der Waals surface area contributed by atoms with Crippen molar-refractivity contribution in [3.05, 3.63) is 18.3 Å². The van der Waals surface area contributed by atoms with Crippen molar-refractivity contribution in [2.45, 2.75) is 6.92 Å². The Balaban J connectivity index is 2.86. The summed E-state index contributed by atoms with van der Waals surface area (Å²) in [6.45, 7) is 1.41. The molecule has 3 nitrogen and oxygen atoms in total. The summed E-state index contributed by atoms with van der Waals surface area (Å²) in [5, 5.41) is 2.50. The molecule has 0 unspecified atom stereocenters. The highest BCUT2D eigenvalue weighted by atomic mass is 16.1. The van der Waals surface area contributed by atoms with E-state index in [-0.39, 0.29) is 5.91 Å². The van der Waals surface area contributed by atoms with Crippen LogP contribution in [0, 0.1) is 0 Å². The summed E-state index contributed by atoms with van der Waals surface area (Å²) < 4.78 is 0. The molecule has 54 valence electrons. The minimum absolute atomic E-state index is 0.171. The summed E-state index contributed by atoms with van der Waals surface area (Å²) in [5.41, 5.74) is 0.475. The van der Waals surface area contributed by atoms with Crippen LogP contribution in [0.2, 0.25) is 0 Å². The maximum Gasteiger partial charge on any atom is 0.222 e. The zero-order valence-corrected chi connectivity index (χ0v) is 6.16. The molecule has 1 aromatic rings. The first-order valence-electron chi connectivity index (χ1n) is 3.18. The molecule has 0 aliphatic rings. The lowest BCUT2D eigenvalue weighted by Crippen LogP contribution is -2.17. The average molecular weight is 146 g/mol. The maximum absolute atomic E-state index is 10.6. The Kier molecular flexibility index (Phi) is 2.26. The van der Waals surface area contributed by atoms with E-state index in [2.05, 4.69) is 10.3 Å². The molecule has 1 aromatic heterocycles. The first kappa shape index (κ1) is 7.79. The van der Waals surface area contributed by atoms with E-state index in [1.54, 1.807) is 18.3 Å². The molecular formula is C7H7BN2O. The summed E-state index contributed by atoms with van der Waals surface area (Å²) in [5.74, 6) is 0.246. The first-order chi connectivity index (χ1) is 5.20. The second-order valence-electron chi connectivity index (χ2n) is 2.12. The van der Waals surface area contributed by atoms with E-state index in [0.29, 0.717) is 11.3 Å². The molecule has 1 N–H and O–H groups in total. The largest absolute Gasteiger partial charge is 0.311 e. The van der Waals surface area contributed by atoms with Crippen LogP contribution in [0.1, 0.15) is 6.92 Å². The van der Waals surface area contributed by atoms with Crippen molar-refractivity contribution in [3.63, 3.8) is 0 Å². The molecule has 0 bridgehead atoms. The van der Waals surface area contributed by atoms with Crippen LogP contribution in [0.25, 0.3) is 0 Å². The third-order valence-corrected chi connectivity index (χ3v) is 1.13. The third kappa shape index (κ3) is 2.07. The van der Waals surface area contributed by atoms with Crippen LogP contribution in [0.15, 0.2) is 18.3 Å². The van der Waals surface area contributed by atoms with E-state index in [4.69, 9.17) is 7.85 Å². The fourth-order valence-electron chi connectivity index (χ4n) is 0.689. The Morgan fingerprint density at radius 3 is 3.00 bits per heavy atom. The van der Waals surface area contributed by atoms with Crippen LogP contribution in [-0.4, -0.2) is 18.7 Å². The molecule has 0 aliphatic heterocycles. The van der Waals surface area contributed by atoms with Gasteiger partial charge in [-0.25, -0.2) is 4.98 Å². The Morgan fingerprint density at radius 1 is 1.73 bits per heavy atom. The van der Waals surface area contributed by atoms with Gasteiger partial charge in [-0.2, -0.15) is 0 Å². The predicted molar refractivity (Wildman–Crippen MR) is 43.9 cm³/mol. The minimum atomic E-state index is -0.171. The summed E-state index contributed by atoms with van der Waals surface area (Å²) in [4.78, 5) is 14.4. The third-order valence-electron chi connectivity index (χ3n) is 1.13. The molecule has 0 aliphatic carbocycles. The molecule has 0 atom stereocenters. The van der Waals surface area contributed by atoms with Gasteiger partial charge in [0.15, 0.2) is 0 Å². The highest BCUT2D eigenvalue weighted by Gasteiger charge is 1.97. The molecule has 1 heterocycles. The second kappa shape index (κ2) is 3.19. The van der Waals surface area contributed by atoms with Crippen molar-refractivity contribution in [2.24, 2.45) is 0 Å². The summed E-state index contributed by atoms with van der Waals surface area (Å²) in [7, 11) is 5.49. The summed E-state index contributed by atoms with van der Waals surface area (Å²) >= 11 is 0. The Hall–Kier alpha value is -1.32. The number of pyridine rings is 1. The summed E-state index contributed by atoms with van der Waals surface area (Å²) in [6.07, 6.45) is 1.57. The lowest BCUT2D eigenvalue weighted by Gasteiger charge is -2.02.